The van der Waals surface area contributed by atoms with E-state index >= 15 is 0 Å². The number of nitrogens with one attached hydrogen (secondary N) is 1. The van der Waals surface area contributed by atoms with Crippen LogP contribution in [0, 0.1) is 0 Å². The topological polar surface area (TPSA) is 198 Å². The number of nitrogens with two attached hydrogens (primary N) is 2. The maximum absolute atomic E-state index is 13.8. The number of benzene rings is 1. The Hall–Kier alpha value is -3.13. The highest BCUT2D eigenvalue weighted by molar-refractivity contribution is 7.52. The fraction of sp³-hybridized carbons (Fsp3) is 0.478. The molecule has 0 amide bonds. The largest absolute Gasteiger partial charge is 0.462 e. The van der Waals surface area contributed by atoms with Gasteiger partial charge >= 0.3 is 13.7 Å². The molecule has 15 heteroatoms. The van der Waals surface area contributed by atoms with Crippen LogP contribution in [0.25, 0.3) is 5.65 Å². The normalized spacial score (nSPS) is 25.8. The second-order valence-electron chi connectivity index (χ2n) is 9.46. The van der Waals surface area contributed by atoms with Gasteiger partial charge in [0.25, 0.3) is 0 Å². The number of imidazole rings is 1. The summed E-state index contributed by atoms with van der Waals surface area (Å²) in [5.41, 5.74) is 11.8. The molecule has 14 nitrogen and oxygen atoms in total. The van der Waals surface area contributed by atoms with Crippen molar-refractivity contribution in [1.29, 1.82) is 0 Å². The van der Waals surface area contributed by atoms with Gasteiger partial charge < -0.3 is 30.6 Å². The molecule has 1 aliphatic rings. The van der Waals surface area contributed by atoms with Crippen molar-refractivity contribution in [2.24, 2.45) is 5.73 Å². The van der Waals surface area contributed by atoms with Gasteiger partial charge in [0.05, 0.1) is 30.1 Å². The molecule has 1 unspecified atom stereocenters. The SMILES string of the molecule is CC(C)OC(=O)[C@H](C)NP(=O)(OC[C@H]1O[C@@H](c2cnc3c(N)ncnn23)[C@](C)(N)[C@@H]1O)Oc1ccccc1. The molecule has 0 bridgehead atoms. The molecule has 1 aliphatic heterocycles. The minimum atomic E-state index is -4.18. The van der Waals surface area contributed by atoms with E-state index in [0.717, 1.165) is 0 Å². The number of hydrogen-bond acceptors (Lipinski definition) is 12. The lowest BCUT2D eigenvalue weighted by atomic mass is 9.88. The van der Waals surface area contributed by atoms with Gasteiger partial charge in [0.15, 0.2) is 11.5 Å². The van der Waals surface area contributed by atoms with Crippen molar-refractivity contribution in [2.75, 3.05) is 12.3 Å². The van der Waals surface area contributed by atoms with Crippen LogP contribution in [0.5, 0.6) is 5.75 Å². The first-order valence-corrected chi connectivity index (χ1v) is 13.5. The van der Waals surface area contributed by atoms with Crippen LogP contribution in [0.3, 0.4) is 0 Å². The third-order valence-electron chi connectivity index (χ3n) is 5.93. The molecule has 3 heterocycles. The lowest BCUT2D eigenvalue weighted by Crippen LogP contribution is -2.51. The van der Waals surface area contributed by atoms with Crippen LogP contribution in [0.1, 0.15) is 39.5 Å². The maximum atomic E-state index is 13.8. The number of para-hydroxylation sites is 1. The first-order valence-electron chi connectivity index (χ1n) is 12.0. The highest BCUT2D eigenvalue weighted by Gasteiger charge is 2.53. The molecule has 0 aliphatic carbocycles. The number of ether oxygens (including phenoxy) is 2. The third-order valence-corrected chi connectivity index (χ3v) is 7.57. The predicted molar refractivity (Wildman–Crippen MR) is 136 cm³/mol. The number of nitrogen functional groups attached to an aromatic ring is 1. The van der Waals surface area contributed by atoms with Crippen LogP contribution < -0.4 is 21.1 Å². The van der Waals surface area contributed by atoms with Crippen molar-refractivity contribution >= 4 is 25.2 Å². The van der Waals surface area contributed by atoms with Crippen molar-refractivity contribution < 1.29 is 33.0 Å². The zero-order chi connectivity index (χ0) is 27.7. The Morgan fingerprint density at radius 1 is 1.29 bits per heavy atom. The summed E-state index contributed by atoms with van der Waals surface area (Å²) in [6.45, 7) is 6.09. The van der Waals surface area contributed by atoms with Gasteiger partial charge in [-0.25, -0.2) is 19.0 Å². The van der Waals surface area contributed by atoms with Crippen molar-refractivity contribution in [3.63, 3.8) is 0 Å². The molecule has 4 rings (SSSR count). The van der Waals surface area contributed by atoms with Crippen LogP contribution in [-0.4, -0.2) is 67.2 Å². The number of aromatic nitrogens is 4. The van der Waals surface area contributed by atoms with E-state index in [4.69, 9.17) is 30.0 Å². The van der Waals surface area contributed by atoms with Crippen molar-refractivity contribution in [3.05, 3.63) is 48.5 Å². The highest BCUT2D eigenvalue weighted by atomic mass is 31.2. The Morgan fingerprint density at radius 2 is 2.00 bits per heavy atom. The first-order chi connectivity index (χ1) is 17.9. The van der Waals surface area contributed by atoms with Crippen molar-refractivity contribution in [3.8, 4) is 5.75 Å². The van der Waals surface area contributed by atoms with Gasteiger partial charge in [-0.15, -0.1) is 0 Å². The number of aliphatic hydroxyl groups is 1. The van der Waals surface area contributed by atoms with Crippen LogP contribution in [0.4, 0.5) is 5.82 Å². The highest BCUT2D eigenvalue weighted by Crippen LogP contribution is 2.47. The van der Waals surface area contributed by atoms with Gasteiger partial charge in [-0.1, -0.05) is 18.2 Å². The van der Waals surface area contributed by atoms with E-state index in [1.54, 1.807) is 51.1 Å². The molecule has 1 aromatic carbocycles. The monoisotopic (exact) mass is 549 g/mol. The van der Waals surface area contributed by atoms with Crippen LogP contribution in [0.2, 0.25) is 0 Å². The Morgan fingerprint density at radius 3 is 2.68 bits per heavy atom. The molecule has 3 aromatic rings. The van der Waals surface area contributed by atoms with Crippen LogP contribution in [-0.2, 0) is 23.4 Å². The van der Waals surface area contributed by atoms with Gasteiger partial charge in [0.2, 0.25) is 0 Å². The first kappa shape index (κ1) is 27.9. The number of fused-ring (bicyclic) bond motifs is 1. The average Bonchev–Trinajstić information content (AvgIpc) is 3.37. The number of rotatable bonds is 10. The fourth-order valence-corrected chi connectivity index (χ4v) is 5.51. The van der Waals surface area contributed by atoms with E-state index in [0.29, 0.717) is 11.3 Å². The van der Waals surface area contributed by atoms with Crippen LogP contribution >= 0.6 is 7.75 Å². The maximum Gasteiger partial charge on any atom is 0.459 e. The molecule has 2 aromatic heterocycles. The van der Waals surface area contributed by atoms with Crippen molar-refractivity contribution in [2.45, 2.75) is 63.7 Å². The Labute approximate surface area is 219 Å². The summed E-state index contributed by atoms with van der Waals surface area (Å²) in [5, 5.41) is 17.8. The van der Waals surface area contributed by atoms with Gasteiger partial charge in [-0.3, -0.25) is 9.32 Å². The van der Waals surface area contributed by atoms with Gasteiger partial charge in [-0.05, 0) is 39.8 Å². The summed E-state index contributed by atoms with van der Waals surface area (Å²) >= 11 is 0. The second-order valence-corrected chi connectivity index (χ2v) is 11.2. The second kappa shape index (κ2) is 10.9. The summed E-state index contributed by atoms with van der Waals surface area (Å²) in [4.78, 5) is 20.5. The molecule has 1 fully saturated rings. The van der Waals surface area contributed by atoms with Gasteiger partial charge in [0, 0.05) is 0 Å². The molecular formula is C23H32N7O7P. The number of esters is 1. The molecule has 1 saturated heterocycles. The number of anilines is 1. The standard InChI is InChI=1S/C23H32N7O7P/c1-13(2)35-22(32)14(3)29-38(33,37-15-8-6-5-7-9-15)34-11-17-18(31)23(4,25)19(36-17)16-10-26-21-20(24)27-12-28-30(16)21/h5-10,12-14,17-19,31H,11,25H2,1-4H3,(H,29,33)(H2,24,27,28)/t14-,17+,18+,19-,23+,38?/m0/s1. The lowest BCUT2D eigenvalue weighted by molar-refractivity contribution is -0.149. The Bertz CT molecular complexity index is 1320. The Balaban J connectivity index is 1.54. The summed E-state index contributed by atoms with van der Waals surface area (Å²) < 4.78 is 37.8. The summed E-state index contributed by atoms with van der Waals surface area (Å²) in [7, 11) is -4.18. The van der Waals surface area contributed by atoms with Gasteiger partial charge in [0.1, 0.15) is 36.4 Å². The fourth-order valence-electron chi connectivity index (χ4n) is 4.01. The molecule has 0 spiro atoms. The zero-order valence-corrected chi connectivity index (χ0v) is 22.3. The van der Waals surface area contributed by atoms with E-state index in [-0.39, 0.29) is 24.3 Å². The number of carbonyl (C=O) groups is 1. The smallest absolute Gasteiger partial charge is 0.459 e. The van der Waals surface area contributed by atoms with Crippen LogP contribution in [0.15, 0.2) is 42.9 Å². The van der Waals surface area contributed by atoms with E-state index in [9.17, 15) is 14.5 Å². The van der Waals surface area contributed by atoms with E-state index in [1.165, 1.54) is 24.0 Å². The minimum absolute atomic E-state index is 0.165. The van der Waals surface area contributed by atoms with E-state index in [2.05, 4.69) is 20.2 Å². The number of hydrogen-bond donors (Lipinski definition) is 4. The third kappa shape index (κ3) is 5.80. The molecule has 6 atom stereocenters. The Kier molecular flexibility index (Phi) is 8.02. The molecule has 206 valence electrons. The molecule has 6 N–H and O–H groups in total. The number of carbonyl (C=O) groups excluding carboxylic acids is 1. The lowest BCUT2D eigenvalue weighted by Gasteiger charge is -2.27. The minimum Gasteiger partial charge on any atom is -0.462 e. The summed E-state index contributed by atoms with van der Waals surface area (Å²) in [6.07, 6.45) is -0.764. The van der Waals surface area contributed by atoms with Gasteiger partial charge in [-0.2, -0.15) is 10.2 Å². The molecule has 0 saturated carbocycles. The molecular weight excluding hydrogens is 517 g/mol. The quantitative estimate of drug-likeness (QED) is 0.209. The zero-order valence-electron chi connectivity index (χ0n) is 21.4. The number of nitrogens with zero attached hydrogens (tertiary/aromatic N) is 4. The molecule has 0 radical (unpaired) electrons. The molecule has 38 heavy (non-hydrogen) atoms. The summed E-state index contributed by atoms with van der Waals surface area (Å²) in [5.74, 6) is -0.232. The van der Waals surface area contributed by atoms with E-state index < -0.39 is 43.6 Å². The average molecular weight is 550 g/mol. The predicted octanol–water partition coefficient (Wildman–Crippen LogP) is 1.36. The van der Waals surface area contributed by atoms with Crippen molar-refractivity contribution in [1.82, 2.24) is 24.7 Å². The number of aliphatic hydroxyl groups excluding tert-OH is 1. The van der Waals surface area contributed by atoms with E-state index in [1.807, 2.05) is 0 Å². The summed E-state index contributed by atoms with van der Waals surface area (Å²) in [6, 6.07) is 7.28.